The Balaban J connectivity index is 2.04. The van der Waals surface area contributed by atoms with Gasteiger partial charge in [0.1, 0.15) is 0 Å². The third-order valence-electron chi connectivity index (χ3n) is 3.90. The first kappa shape index (κ1) is 13.5. The zero-order valence-electron chi connectivity index (χ0n) is 12.0. The monoisotopic (exact) mass is 284 g/mol. The van der Waals surface area contributed by atoms with Gasteiger partial charge in [-0.05, 0) is 30.7 Å². The SMILES string of the molecule is COC(=O)C1CC(=O)N(c2ccc(C)c3ncccc23)C1. The van der Waals surface area contributed by atoms with E-state index in [1.54, 1.807) is 11.1 Å². The van der Waals surface area contributed by atoms with Crippen LogP contribution in [0.2, 0.25) is 0 Å². The molecule has 0 saturated carbocycles. The van der Waals surface area contributed by atoms with Crippen molar-refractivity contribution in [2.45, 2.75) is 13.3 Å². The number of amides is 1. The predicted molar refractivity (Wildman–Crippen MR) is 79.0 cm³/mol. The Bertz CT molecular complexity index is 727. The maximum Gasteiger partial charge on any atom is 0.311 e. The molecule has 1 aliphatic rings. The van der Waals surface area contributed by atoms with Gasteiger partial charge in [0.15, 0.2) is 0 Å². The van der Waals surface area contributed by atoms with Crippen LogP contribution in [0.5, 0.6) is 0 Å². The maximum absolute atomic E-state index is 12.2. The Kier molecular flexibility index (Phi) is 3.33. The maximum atomic E-state index is 12.2. The van der Waals surface area contributed by atoms with E-state index in [9.17, 15) is 9.59 Å². The molecule has 0 radical (unpaired) electrons. The van der Waals surface area contributed by atoms with Crippen LogP contribution in [0.15, 0.2) is 30.5 Å². The smallest absolute Gasteiger partial charge is 0.311 e. The highest BCUT2D eigenvalue weighted by Crippen LogP contribution is 2.32. The average Bonchev–Trinajstić information content (AvgIpc) is 2.89. The van der Waals surface area contributed by atoms with Crippen LogP contribution in [0, 0.1) is 12.8 Å². The zero-order chi connectivity index (χ0) is 15.0. The van der Waals surface area contributed by atoms with Crippen LogP contribution >= 0.6 is 0 Å². The normalized spacial score (nSPS) is 18.3. The van der Waals surface area contributed by atoms with Crippen molar-refractivity contribution in [3.8, 4) is 0 Å². The Morgan fingerprint density at radius 3 is 2.95 bits per heavy atom. The molecule has 1 aromatic heterocycles. The van der Waals surface area contributed by atoms with Crippen molar-refractivity contribution in [1.29, 1.82) is 0 Å². The minimum atomic E-state index is -0.393. The molecule has 1 aromatic carbocycles. The fraction of sp³-hybridized carbons (Fsp3) is 0.312. The van der Waals surface area contributed by atoms with E-state index in [1.165, 1.54) is 7.11 Å². The molecule has 3 rings (SSSR count). The van der Waals surface area contributed by atoms with Crippen LogP contribution in [-0.2, 0) is 14.3 Å². The van der Waals surface area contributed by atoms with Gasteiger partial charge in [0.2, 0.25) is 5.91 Å². The number of esters is 1. The number of benzene rings is 1. The molecule has 1 saturated heterocycles. The number of carbonyl (C=O) groups is 2. The summed E-state index contributed by atoms with van der Waals surface area (Å²) in [5, 5.41) is 0.927. The predicted octanol–water partition coefficient (Wildman–Crippen LogP) is 2.07. The molecule has 2 aromatic rings. The molecule has 1 fully saturated rings. The summed E-state index contributed by atoms with van der Waals surface area (Å²) in [5.74, 6) is -0.782. The van der Waals surface area contributed by atoms with Gasteiger partial charge in [-0.25, -0.2) is 0 Å². The molecule has 1 unspecified atom stereocenters. The Labute approximate surface area is 122 Å². The molecular formula is C16H16N2O3. The van der Waals surface area contributed by atoms with Crippen molar-refractivity contribution >= 4 is 28.5 Å². The Hall–Kier alpha value is -2.43. The summed E-state index contributed by atoms with van der Waals surface area (Å²) in [7, 11) is 1.35. The average molecular weight is 284 g/mol. The lowest BCUT2D eigenvalue weighted by molar-refractivity contribution is -0.145. The lowest BCUT2D eigenvalue weighted by atomic mass is 10.1. The van der Waals surface area contributed by atoms with E-state index in [1.807, 2.05) is 31.2 Å². The lowest BCUT2D eigenvalue weighted by Gasteiger charge is -2.19. The second-order valence-electron chi connectivity index (χ2n) is 5.23. The van der Waals surface area contributed by atoms with Gasteiger partial charge in [0, 0.05) is 24.5 Å². The van der Waals surface area contributed by atoms with Crippen molar-refractivity contribution in [3.05, 3.63) is 36.0 Å². The lowest BCUT2D eigenvalue weighted by Crippen LogP contribution is -2.26. The van der Waals surface area contributed by atoms with Crippen LogP contribution in [-0.4, -0.2) is 30.5 Å². The number of pyridine rings is 1. The van der Waals surface area contributed by atoms with Gasteiger partial charge in [0.25, 0.3) is 0 Å². The summed E-state index contributed by atoms with van der Waals surface area (Å²) < 4.78 is 4.74. The fourth-order valence-corrected chi connectivity index (χ4v) is 2.80. The van der Waals surface area contributed by atoms with Crippen molar-refractivity contribution in [3.63, 3.8) is 0 Å². The van der Waals surface area contributed by atoms with Crippen molar-refractivity contribution in [2.75, 3.05) is 18.6 Å². The zero-order valence-corrected chi connectivity index (χ0v) is 12.0. The van der Waals surface area contributed by atoms with E-state index >= 15 is 0 Å². The number of hydrogen-bond donors (Lipinski definition) is 0. The summed E-state index contributed by atoms with van der Waals surface area (Å²) >= 11 is 0. The van der Waals surface area contributed by atoms with E-state index in [0.29, 0.717) is 6.54 Å². The minimum Gasteiger partial charge on any atom is -0.469 e. The van der Waals surface area contributed by atoms with Crippen LogP contribution in [0.25, 0.3) is 10.9 Å². The number of aryl methyl sites for hydroxylation is 1. The molecule has 1 atom stereocenters. The summed E-state index contributed by atoms with van der Waals surface area (Å²) in [5.41, 5.74) is 2.75. The van der Waals surface area contributed by atoms with Crippen LogP contribution in [0.4, 0.5) is 5.69 Å². The first-order chi connectivity index (χ1) is 10.1. The van der Waals surface area contributed by atoms with Gasteiger partial charge in [-0.3, -0.25) is 14.6 Å². The molecule has 1 aliphatic heterocycles. The van der Waals surface area contributed by atoms with Crippen LogP contribution in [0.3, 0.4) is 0 Å². The highest BCUT2D eigenvalue weighted by molar-refractivity contribution is 6.06. The number of methoxy groups -OCH3 is 1. The topological polar surface area (TPSA) is 59.5 Å². The second-order valence-corrected chi connectivity index (χ2v) is 5.23. The largest absolute Gasteiger partial charge is 0.469 e. The van der Waals surface area contributed by atoms with Gasteiger partial charge in [-0.1, -0.05) is 6.07 Å². The van der Waals surface area contributed by atoms with Crippen molar-refractivity contribution in [1.82, 2.24) is 4.98 Å². The van der Waals surface area contributed by atoms with Gasteiger partial charge >= 0.3 is 5.97 Å². The van der Waals surface area contributed by atoms with Gasteiger partial charge < -0.3 is 9.64 Å². The molecular weight excluding hydrogens is 268 g/mol. The molecule has 1 amide bonds. The Morgan fingerprint density at radius 2 is 2.19 bits per heavy atom. The number of anilines is 1. The fourth-order valence-electron chi connectivity index (χ4n) is 2.80. The van der Waals surface area contributed by atoms with E-state index in [4.69, 9.17) is 4.74 Å². The number of nitrogens with zero attached hydrogens (tertiary/aromatic N) is 2. The summed E-state index contributed by atoms with van der Waals surface area (Å²) in [6.45, 7) is 2.35. The third kappa shape index (κ3) is 2.24. The second kappa shape index (κ2) is 5.16. The van der Waals surface area contributed by atoms with Crippen LogP contribution < -0.4 is 4.90 Å². The number of fused-ring (bicyclic) bond motifs is 1. The van der Waals surface area contributed by atoms with Gasteiger partial charge in [-0.2, -0.15) is 0 Å². The minimum absolute atomic E-state index is 0.0561. The molecule has 5 heteroatoms. The van der Waals surface area contributed by atoms with Gasteiger partial charge in [0.05, 0.1) is 24.2 Å². The molecule has 0 aliphatic carbocycles. The van der Waals surface area contributed by atoms with Crippen molar-refractivity contribution < 1.29 is 14.3 Å². The molecule has 0 spiro atoms. The molecule has 0 N–H and O–H groups in total. The molecule has 108 valence electrons. The van der Waals surface area contributed by atoms with E-state index in [2.05, 4.69) is 4.98 Å². The van der Waals surface area contributed by atoms with Crippen molar-refractivity contribution in [2.24, 2.45) is 5.92 Å². The number of hydrogen-bond acceptors (Lipinski definition) is 4. The highest BCUT2D eigenvalue weighted by atomic mass is 16.5. The molecule has 0 bridgehead atoms. The Morgan fingerprint density at radius 1 is 1.38 bits per heavy atom. The molecule has 21 heavy (non-hydrogen) atoms. The quantitative estimate of drug-likeness (QED) is 0.792. The van der Waals surface area contributed by atoms with Gasteiger partial charge in [-0.15, -0.1) is 0 Å². The standard InChI is InChI=1S/C16H16N2O3/c1-10-5-6-13(12-4-3-7-17-15(10)12)18-9-11(8-14(18)19)16(20)21-2/h3-7,11H,8-9H2,1-2H3. The number of aromatic nitrogens is 1. The van der Waals surface area contributed by atoms with E-state index in [-0.39, 0.29) is 18.3 Å². The van der Waals surface area contributed by atoms with E-state index < -0.39 is 5.92 Å². The molecule has 5 nitrogen and oxygen atoms in total. The summed E-state index contributed by atoms with van der Waals surface area (Å²) in [6.07, 6.45) is 1.93. The highest BCUT2D eigenvalue weighted by Gasteiger charge is 2.36. The first-order valence-corrected chi connectivity index (χ1v) is 6.84. The first-order valence-electron chi connectivity index (χ1n) is 6.84. The number of rotatable bonds is 2. The van der Waals surface area contributed by atoms with Crippen LogP contribution in [0.1, 0.15) is 12.0 Å². The van der Waals surface area contributed by atoms with E-state index in [0.717, 1.165) is 22.2 Å². The summed E-state index contributed by atoms with van der Waals surface area (Å²) in [4.78, 5) is 29.9. The third-order valence-corrected chi connectivity index (χ3v) is 3.90. The number of carbonyl (C=O) groups excluding carboxylic acids is 2. The summed E-state index contributed by atoms with van der Waals surface area (Å²) in [6, 6.07) is 7.66. The molecule has 2 heterocycles. The number of ether oxygens (including phenoxy) is 1.